The summed E-state index contributed by atoms with van der Waals surface area (Å²) in [4.78, 5) is 32.8. The van der Waals surface area contributed by atoms with Crippen molar-refractivity contribution in [2.75, 3.05) is 25.0 Å². The average molecular weight is 520 g/mol. The van der Waals surface area contributed by atoms with Crippen molar-refractivity contribution in [3.63, 3.8) is 0 Å². The lowest BCUT2D eigenvalue weighted by Gasteiger charge is -2.37. The molecule has 1 aliphatic heterocycles. The van der Waals surface area contributed by atoms with Crippen LogP contribution < -0.4 is 10.6 Å². The molecular formula is C27H30FN7O3. The van der Waals surface area contributed by atoms with E-state index in [9.17, 15) is 14.9 Å². The minimum Gasteiger partial charge on any atom is -0.416 e. The Morgan fingerprint density at radius 2 is 1.97 bits per heavy atom. The predicted molar refractivity (Wildman–Crippen MR) is 140 cm³/mol. The highest BCUT2D eigenvalue weighted by molar-refractivity contribution is 5.70. The van der Waals surface area contributed by atoms with Crippen molar-refractivity contribution >= 4 is 11.9 Å². The monoisotopic (exact) mass is 519 g/mol. The van der Waals surface area contributed by atoms with Crippen molar-refractivity contribution in [2.24, 2.45) is 0 Å². The van der Waals surface area contributed by atoms with E-state index >= 15 is 4.39 Å². The number of anilines is 1. The van der Waals surface area contributed by atoms with E-state index in [0.717, 1.165) is 0 Å². The number of benzene rings is 1. The number of hydrogen-bond acceptors (Lipinski definition) is 7. The Hall–Kier alpha value is -4.46. The Morgan fingerprint density at radius 1 is 1.26 bits per heavy atom. The smallest absolute Gasteiger partial charge is 0.414 e. The fourth-order valence-electron chi connectivity index (χ4n) is 4.50. The predicted octanol–water partition coefficient (Wildman–Crippen LogP) is 4.26. The van der Waals surface area contributed by atoms with Gasteiger partial charge in [0.05, 0.1) is 23.1 Å². The van der Waals surface area contributed by atoms with Gasteiger partial charge in [0.15, 0.2) is 0 Å². The van der Waals surface area contributed by atoms with Crippen molar-refractivity contribution in [2.45, 2.75) is 45.7 Å². The average Bonchev–Trinajstić information content (AvgIpc) is 3.28. The number of halogens is 1. The summed E-state index contributed by atoms with van der Waals surface area (Å²) < 4.78 is 22.6. The number of amides is 1. The molecule has 198 valence electrons. The number of nitrogens with zero attached hydrogens (tertiary/aromatic N) is 7. The van der Waals surface area contributed by atoms with Crippen LogP contribution in [0.5, 0.6) is 0 Å². The van der Waals surface area contributed by atoms with Gasteiger partial charge in [-0.3, -0.25) is 0 Å². The maximum Gasteiger partial charge on any atom is 0.414 e. The molecular weight excluding hydrogens is 489 g/mol. The SMILES string of the molecule is C=C(C)OC(=O)N(C)C1CCN(c2ncc(-c3ccc(-n4cnn(C(C)C)c4=O)c(F)c3)cc2C#N)CC1. The third-order valence-electron chi connectivity index (χ3n) is 6.57. The molecule has 0 saturated carbocycles. The second-order valence-corrected chi connectivity index (χ2v) is 9.59. The number of piperidine rings is 1. The van der Waals surface area contributed by atoms with Crippen LogP contribution in [0.15, 0.2) is 53.9 Å². The summed E-state index contributed by atoms with van der Waals surface area (Å²) in [5, 5.41) is 13.9. The summed E-state index contributed by atoms with van der Waals surface area (Å²) in [6, 6.07) is 8.25. The Balaban J connectivity index is 1.51. The van der Waals surface area contributed by atoms with Crippen LogP contribution in [0.25, 0.3) is 16.8 Å². The van der Waals surface area contributed by atoms with Crippen molar-refractivity contribution in [3.05, 3.63) is 71.0 Å². The van der Waals surface area contributed by atoms with Crippen LogP contribution in [0.4, 0.5) is 15.0 Å². The molecule has 1 aromatic carbocycles. The number of rotatable bonds is 6. The van der Waals surface area contributed by atoms with E-state index in [0.29, 0.717) is 54.2 Å². The minimum atomic E-state index is -0.591. The highest BCUT2D eigenvalue weighted by Crippen LogP contribution is 2.29. The van der Waals surface area contributed by atoms with Crippen molar-refractivity contribution in [1.29, 1.82) is 5.26 Å². The summed E-state index contributed by atoms with van der Waals surface area (Å²) in [6.45, 7) is 10.1. The number of hydrogen-bond donors (Lipinski definition) is 0. The normalized spacial score (nSPS) is 13.9. The lowest BCUT2D eigenvalue weighted by molar-refractivity contribution is 0.116. The molecule has 3 heterocycles. The first kappa shape index (κ1) is 26.6. The topological polar surface area (TPSA) is 109 Å². The first-order chi connectivity index (χ1) is 18.1. The minimum absolute atomic E-state index is 0.00421. The third kappa shape index (κ3) is 5.29. The van der Waals surface area contributed by atoms with E-state index in [1.54, 1.807) is 37.2 Å². The molecule has 0 unspecified atom stereocenters. The van der Waals surface area contributed by atoms with E-state index in [-0.39, 0.29) is 17.8 Å². The molecule has 1 saturated heterocycles. The molecule has 3 aromatic rings. The first-order valence-corrected chi connectivity index (χ1v) is 12.3. The van der Waals surface area contributed by atoms with Gasteiger partial charge >= 0.3 is 11.8 Å². The van der Waals surface area contributed by atoms with E-state index in [1.807, 2.05) is 18.7 Å². The summed E-state index contributed by atoms with van der Waals surface area (Å²) in [7, 11) is 1.70. The molecule has 0 bridgehead atoms. The summed E-state index contributed by atoms with van der Waals surface area (Å²) >= 11 is 0. The Bertz CT molecular complexity index is 1460. The largest absolute Gasteiger partial charge is 0.416 e. The van der Waals surface area contributed by atoms with Gasteiger partial charge in [0.1, 0.15) is 24.0 Å². The fourth-order valence-corrected chi connectivity index (χ4v) is 4.50. The van der Waals surface area contributed by atoms with Gasteiger partial charge in [0, 0.05) is 37.9 Å². The van der Waals surface area contributed by atoms with Gasteiger partial charge in [-0.05, 0) is 57.4 Å². The zero-order valence-electron chi connectivity index (χ0n) is 21.9. The maximum atomic E-state index is 15.1. The molecule has 0 N–H and O–H groups in total. The van der Waals surface area contributed by atoms with E-state index < -0.39 is 17.6 Å². The molecule has 0 radical (unpaired) electrons. The molecule has 11 heteroatoms. The Morgan fingerprint density at radius 3 is 2.55 bits per heavy atom. The molecule has 4 rings (SSSR count). The van der Waals surface area contributed by atoms with Crippen LogP contribution >= 0.6 is 0 Å². The second kappa shape index (κ2) is 10.9. The van der Waals surface area contributed by atoms with Crippen molar-refractivity contribution < 1.29 is 13.9 Å². The molecule has 0 spiro atoms. The number of ether oxygens (including phenoxy) is 1. The van der Waals surface area contributed by atoms with Gasteiger partial charge in [-0.15, -0.1) is 0 Å². The number of aromatic nitrogens is 4. The van der Waals surface area contributed by atoms with Gasteiger partial charge in [0.25, 0.3) is 0 Å². The van der Waals surface area contributed by atoms with Crippen LogP contribution in [0.1, 0.15) is 45.2 Å². The van der Waals surface area contributed by atoms with E-state index in [4.69, 9.17) is 4.74 Å². The lowest BCUT2D eigenvalue weighted by Crippen LogP contribution is -2.46. The van der Waals surface area contributed by atoms with Gasteiger partial charge in [-0.2, -0.15) is 10.4 Å². The van der Waals surface area contributed by atoms with Gasteiger partial charge < -0.3 is 14.5 Å². The Labute approximate surface area is 220 Å². The number of carbonyl (C=O) groups excluding carboxylic acids is 1. The standard InChI is InChI=1S/C27H30FN7O3/c1-17(2)35-26(36)34(16-31-35)24-7-6-19(13-23(24)28)21-12-20(14-29)25(30-15-21)33-10-8-22(9-11-33)32(5)27(37)38-18(3)4/h6-7,12-13,15-17,22H,3,8-11H2,1-2,4-5H3. The molecule has 1 aliphatic rings. The number of allylic oxidation sites excluding steroid dienone is 1. The van der Waals surface area contributed by atoms with Crippen LogP contribution in [-0.4, -0.2) is 56.5 Å². The molecule has 38 heavy (non-hydrogen) atoms. The zero-order valence-corrected chi connectivity index (χ0v) is 21.9. The summed E-state index contributed by atoms with van der Waals surface area (Å²) in [5.74, 6) is 0.298. The molecule has 1 amide bonds. The van der Waals surface area contributed by atoms with Crippen molar-refractivity contribution in [1.82, 2.24) is 24.2 Å². The van der Waals surface area contributed by atoms with Crippen LogP contribution in [0, 0.1) is 17.1 Å². The summed E-state index contributed by atoms with van der Waals surface area (Å²) in [6.07, 6.45) is 3.85. The van der Waals surface area contributed by atoms with Gasteiger partial charge in [-0.1, -0.05) is 12.6 Å². The Kier molecular flexibility index (Phi) is 7.62. The summed E-state index contributed by atoms with van der Waals surface area (Å²) in [5.41, 5.74) is 1.15. The van der Waals surface area contributed by atoms with Crippen LogP contribution in [-0.2, 0) is 4.74 Å². The number of nitriles is 1. The van der Waals surface area contributed by atoms with Gasteiger partial charge in [-0.25, -0.2) is 28.2 Å². The van der Waals surface area contributed by atoms with Crippen LogP contribution in [0.2, 0.25) is 0 Å². The molecule has 2 aromatic heterocycles. The lowest BCUT2D eigenvalue weighted by atomic mass is 10.0. The van der Waals surface area contributed by atoms with Crippen molar-refractivity contribution in [3.8, 4) is 22.9 Å². The van der Waals surface area contributed by atoms with Gasteiger partial charge in [0.2, 0.25) is 0 Å². The quantitative estimate of drug-likeness (QED) is 0.448. The fraction of sp³-hybridized carbons (Fsp3) is 0.370. The maximum absolute atomic E-state index is 15.1. The highest BCUT2D eigenvalue weighted by Gasteiger charge is 2.28. The number of pyridine rings is 1. The zero-order chi connectivity index (χ0) is 27.6. The molecule has 0 aliphatic carbocycles. The highest BCUT2D eigenvalue weighted by atomic mass is 19.1. The third-order valence-corrected chi connectivity index (χ3v) is 6.57. The van der Waals surface area contributed by atoms with E-state index in [1.165, 1.54) is 27.7 Å². The first-order valence-electron chi connectivity index (χ1n) is 12.3. The number of carbonyl (C=O) groups is 1. The second-order valence-electron chi connectivity index (χ2n) is 9.59. The van der Waals surface area contributed by atoms with E-state index in [2.05, 4.69) is 22.7 Å². The molecule has 10 nitrogen and oxygen atoms in total. The molecule has 1 fully saturated rings. The van der Waals surface area contributed by atoms with Crippen LogP contribution in [0.3, 0.4) is 0 Å². The molecule has 0 atom stereocenters.